The fraction of sp³-hybridized carbons (Fsp3) is 0.462. The summed E-state index contributed by atoms with van der Waals surface area (Å²) in [6, 6.07) is 5.13. The molecule has 1 aromatic carbocycles. The molecule has 0 saturated carbocycles. The van der Waals surface area contributed by atoms with Crippen LogP contribution in [0.3, 0.4) is 0 Å². The molecule has 0 atom stereocenters. The van der Waals surface area contributed by atoms with E-state index in [4.69, 9.17) is 9.47 Å². The summed E-state index contributed by atoms with van der Waals surface area (Å²) in [6.45, 7) is -1.32. The minimum atomic E-state index is -4.44. The molecule has 5 nitrogen and oxygen atoms in total. The first-order valence-corrected chi connectivity index (χ1v) is 6.13. The van der Waals surface area contributed by atoms with Crippen molar-refractivity contribution in [1.82, 2.24) is 10.6 Å². The summed E-state index contributed by atoms with van der Waals surface area (Å²) >= 11 is 0. The minimum Gasteiger partial charge on any atom is -0.493 e. The van der Waals surface area contributed by atoms with Crippen LogP contribution in [0.1, 0.15) is 5.56 Å². The van der Waals surface area contributed by atoms with Crippen molar-refractivity contribution in [2.45, 2.75) is 12.7 Å². The Morgan fingerprint density at radius 1 is 1.29 bits per heavy atom. The molecule has 0 unspecified atom stereocenters. The highest BCUT2D eigenvalue weighted by Crippen LogP contribution is 2.28. The SMILES string of the molecule is CNCc1ccc(OC)c(OCC(=O)NCC(F)(F)F)c1. The fourth-order valence-corrected chi connectivity index (χ4v) is 1.54. The van der Waals surface area contributed by atoms with Gasteiger partial charge in [-0.3, -0.25) is 4.79 Å². The number of rotatable bonds is 7. The Morgan fingerprint density at radius 2 is 2.00 bits per heavy atom. The highest BCUT2D eigenvalue weighted by Gasteiger charge is 2.27. The van der Waals surface area contributed by atoms with E-state index in [-0.39, 0.29) is 0 Å². The maximum Gasteiger partial charge on any atom is 0.405 e. The Bertz CT molecular complexity index is 478. The van der Waals surface area contributed by atoms with Crippen molar-refractivity contribution in [3.8, 4) is 11.5 Å². The molecule has 0 aliphatic carbocycles. The number of hydrogen-bond acceptors (Lipinski definition) is 4. The maximum atomic E-state index is 12.0. The van der Waals surface area contributed by atoms with Gasteiger partial charge in [-0.25, -0.2) is 0 Å². The van der Waals surface area contributed by atoms with Crippen LogP contribution in [0, 0.1) is 0 Å². The van der Waals surface area contributed by atoms with Crippen LogP contribution in [0.25, 0.3) is 0 Å². The third kappa shape index (κ3) is 6.35. The Hall–Kier alpha value is -1.96. The topological polar surface area (TPSA) is 59.6 Å². The predicted octanol–water partition coefficient (Wildman–Crippen LogP) is 1.47. The number of nitrogens with one attached hydrogen (secondary N) is 2. The van der Waals surface area contributed by atoms with E-state index in [0.29, 0.717) is 18.0 Å². The molecule has 118 valence electrons. The van der Waals surface area contributed by atoms with Gasteiger partial charge in [-0.15, -0.1) is 0 Å². The zero-order valence-corrected chi connectivity index (χ0v) is 11.7. The van der Waals surface area contributed by atoms with Gasteiger partial charge in [0.2, 0.25) is 0 Å². The monoisotopic (exact) mass is 306 g/mol. The number of methoxy groups -OCH3 is 1. The molecule has 0 aliphatic heterocycles. The Morgan fingerprint density at radius 3 is 2.57 bits per heavy atom. The number of amides is 1. The Labute approximate surface area is 120 Å². The van der Waals surface area contributed by atoms with Crippen molar-refractivity contribution in [1.29, 1.82) is 0 Å². The van der Waals surface area contributed by atoms with Crippen LogP contribution in [0.5, 0.6) is 11.5 Å². The standard InChI is InChI=1S/C13H17F3N2O3/c1-17-6-9-3-4-10(20-2)11(5-9)21-7-12(19)18-8-13(14,15)16/h3-5,17H,6-8H2,1-2H3,(H,18,19). The first-order chi connectivity index (χ1) is 9.85. The van der Waals surface area contributed by atoms with Crippen LogP contribution in [0.4, 0.5) is 13.2 Å². The molecule has 0 radical (unpaired) electrons. The number of carbonyl (C=O) groups is 1. The van der Waals surface area contributed by atoms with Crippen LogP contribution in [-0.4, -0.2) is 39.4 Å². The molecule has 1 amide bonds. The van der Waals surface area contributed by atoms with Crippen molar-refractivity contribution < 1.29 is 27.4 Å². The van der Waals surface area contributed by atoms with Gasteiger partial charge in [-0.1, -0.05) is 6.07 Å². The largest absolute Gasteiger partial charge is 0.493 e. The van der Waals surface area contributed by atoms with Crippen molar-refractivity contribution in [3.63, 3.8) is 0 Å². The van der Waals surface area contributed by atoms with Gasteiger partial charge in [0.15, 0.2) is 18.1 Å². The smallest absolute Gasteiger partial charge is 0.405 e. The molecule has 8 heteroatoms. The van der Waals surface area contributed by atoms with E-state index >= 15 is 0 Å². The number of alkyl halides is 3. The van der Waals surface area contributed by atoms with E-state index in [1.165, 1.54) is 7.11 Å². The third-order valence-electron chi connectivity index (χ3n) is 2.45. The van der Waals surface area contributed by atoms with E-state index < -0.39 is 25.2 Å². The number of ether oxygens (including phenoxy) is 2. The molecule has 1 rings (SSSR count). The van der Waals surface area contributed by atoms with Crippen LogP contribution >= 0.6 is 0 Å². The first-order valence-electron chi connectivity index (χ1n) is 6.13. The summed E-state index contributed by atoms with van der Waals surface area (Å²) < 4.78 is 46.1. The van der Waals surface area contributed by atoms with E-state index in [1.807, 2.05) is 6.07 Å². The summed E-state index contributed by atoms with van der Waals surface area (Å²) in [5, 5.41) is 4.68. The molecule has 0 spiro atoms. The van der Waals surface area contributed by atoms with E-state index in [1.54, 1.807) is 24.5 Å². The van der Waals surface area contributed by atoms with Crippen molar-refractivity contribution in [2.75, 3.05) is 27.3 Å². The van der Waals surface area contributed by atoms with Crippen LogP contribution < -0.4 is 20.1 Å². The minimum absolute atomic E-state index is 0.299. The molecule has 1 aromatic rings. The van der Waals surface area contributed by atoms with Gasteiger partial charge in [-0.05, 0) is 24.7 Å². The summed E-state index contributed by atoms with van der Waals surface area (Å²) in [5.74, 6) is -0.153. The molecule has 0 aliphatic rings. The summed E-state index contributed by atoms with van der Waals surface area (Å²) in [5.41, 5.74) is 0.893. The average Bonchev–Trinajstić information content (AvgIpc) is 2.42. The molecular weight excluding hydrogens is 289 g/mol. The summed E-state index contributed by atoms with van der Waals surface area (Å²) in [7, 11) is 3.21. The van der Waals surface area contributed by atoms with Crippen LogP contribution in [0.15, 0.2) is 18.2 Å². The normalized spacial score (nSPS) is 11.1. The lowest BCUT2D eigenvalue weighted by molar-refractivity contribution is -0.139. The lowest BCUT2D eigenvalue weighted by atomic mass is 10.2. The molecule has 21 heavy (non-hydrogen) atoms. The molecular formula is C13H17F3N2O3. The highest BCUT2D eigenvalue weighted by molar-refractivity contribution is 5.77. The van der Waals surface area contributed by atoms with Gasteiger partial charge in [0, 0.05) is 6.54 Å². The fourth-order valence-electron chi connectivity index (χ4n) is 1.54. The molecule has 0 fully saturated rings. The number of benzene rings is 1. The molecule has 0 saturated heterocycles. The zero-order valence-electron chi connectivity index (χ0n) is 11.7. The number of hydrogen-bond donors (Lipinski definition) is 2. The van der Waals surface area contributed by atoms with E-state index in [9.17, 15) is 18.0 Å². The third-order valence-corrected chi connectivity index (χ3v) is 2.45. The second kappa shape index (κ2) is 7.72. The van der Waals surface area contributed by atoms with Gasteiger partial charge < -0.3 is 20.1 Å². The van der Waals surface area contributed by atoms with Gasteiger partial charge in [0.05, 0.1) is 7.11 Å². The Balaban J connectivity index is 2.60. The van der Waals surface area contributed by atoms with Gasteiger partial charge in [0.25, 0.3) is 5.91 Å². The Kier molecular flexibility index (Phi) is 6.29. The summed E-state index contributed by atoms with van der Waals surface area (Å²) in [6.07, 6.45) is -4.44. The molecule has 0 heterocycles. The summed E-state index contributed by atoms with van der Waals surface area (Å²) in [4.78, 5) is 11.3. The maximum absolute atomic E-state index is 12.0. The highest BCUT2D eigenvalue weighted by atomic mass is 19.4. The number of carbonyl (C=O) groups excluding carboxylic acids is 1. The lowest BCUT2D eigenvalue weighted by Crippen LogP contribution is -2.36. The van der Waals surface area contributed by atoms with Gasteiger partial charge in [0.1, 0.15) is 6.54 Å². The van der Waals surface area contributed by atoms with Crippen molar-refractivity contribution in [2.24, 2.45) is 0 Å². The first kappa shape index (κ1) is 17.1. The van der Waals surface area contributed by atoms with Crippen LogP contribution in [-0.2, 0) is 11.3 Å². The van der Waals surface area contributed by atoms with Gasteiger partial charge >= 0.3 is 6.18 Å². The average molecular weight is 306 g/mol. The second-order valence-corrected chi connectivity index (χ2v) is 4.20. The molecule has 2 N–H and O–H groups in total. The van der Waals surface area contributed by atoms with E-state index in [2.05, 4.69) is 5.32 Å². The second-order valence-electron chi connectivity index (χ2n) is 4.20. The number of halogens is 3. The predicted molar refractivity (Wildman–Crippen MR) is 70.3 cm³/mol. The molecule has 0 aromatic heterocycles. The van der Waals surface area contributed by atoms with Crippen molar-refractivity contribution in [3.05, 3.63) is 23.8 Å². The van der Waals surface area contributed by atoms with Crippen molar-refractivity contribution >= 4 is 5.91 Å². The van der Waals surface area contributed by atoms with Crippen LogP contribution in [0.2, 0.25) is 0 Å². The van der Waals surface area contributed by atoms with E-state index in [0.717, 1.165) is 5.56 Å². The molecule has 0 bridgehead atoms. The zero-order chi connectivity index (χ0) is 15.9. The van der Waals surface area contributed by atoms with Gasteiger partial charge in [-0.2, -0.15) is 13.2 Å². The quantitative estimate of drug-likeness (QED) is 0.801. The lowest BCUT2D eigenvalue weighted by Gasteiger charge is -2.13.